The van der Waals surface area contributed by atoms with E-state index < -0.39 is 24.0 Å². The molecule has 0 saturated carbocycles. The number of carboxylic acid groups (broad SMARTS) is 1. The van der Waals surface area contributed by atoms with Crippen molar-refractivity contribution in [3.05, 3.63) is 29.8 Å². The lowest BCUT2D eigenvalue weighted by Gasteiger charge is -2.18. The maximum Gasteiger partial charge on any atom is 0.326 e. The summed E-state index contributed by atoms with van der Waals surface area (Å²) in [4.78, 5) is 27.1. The van der Waals surface area contributed by atoms with Gasteiger partial charge in [-0.1, -0.05) is 12.1 Å². The van der Waals surface area contributed by atoms with Crippen molar-refractivity contribution in [1.29, 1.82) is 0 Å². The van der Waals surface area contributed by atoms with Gasteiger partial charge in [0.1, 0.15) is 11.8 Å². The average Bonchev–Trinajstić information content (AvgIpc) is 2.52. The normalized spacial score (nSPS) is 12.9. The maximum absolute atomic E-state index is 12.0. The van der Waals surface area contributed by atoms with Gasteiger partial charge in [0.2, 0.25) is 5.91 Å². The third-order valence-corrected chi connectivity index (χ3v) is 3.30. The molecule has 0 radical (unpaired) electrons. The average molecular weight is 337 g/mol. The standard InChI is InChI=1S/C15H23N5O4/c16-11(2-1-7-19-15(17)18)13(22)20-12(14(23)24)8-9-3-5-10(21)6-4-9/h3-6,11-12,21H,1-2,7-8,16H2,(H,20,22)(H,23,24)(H4,17,18,19)/t11-,12+/m1/s1. The molecule has 0 saturated heterocycles. The van der Waals surface area contributed by atoms with E-state index in [0.717, 1.165) is 0 Å². The SMILES string of the molecule is NC(N)=NCCC[C@@H](N)C(=O)N[C@@H](Cc1ccc(O)cc1)C(=O)O. The van der Waals surface area contributed by atoms with Gasteiger partial charge in [-0.3, -0.25) is 9.79 Å². The van der Waals surface area contributed by atoms with Crippen LogP contribution in [0.4, 0.5) is 0 Å². The first-order valence-corrected chi connectivity index (χ1v) is 7.41. The van der Waals surface area contributed by atoms with Gasteiger partial charge in [-0.05, 0) is 30.5 Å². The third kappa shape index (κ3) is 6.97. The molecule has 1 rings (SSSR count). The van der Waals surface area contributed by atoms with Gasteiger partial charge in [-0.2, -0.15) is 0 Å². The van der Waals surface area contributed by atoms with Crippen LogP contribution in [0.2, 0.25) is 0 Å². The highest BCUT2D eigenvalue weighted by Gasteiger charge is 2.23. The van der Waals surface area contributed by atoms with E-state index in [2.05, 4.69) is 10.3 Å². The Bertz CT molecular complexity index is 584. The summed E-state index contributed by atoms with van der Waals surface area (Å²) in [5.74, 6) is -1.67. The van der Waals surface area contributed by atoms with Gasteiger partial charge in [-0.15, -0.1) is 0 Å². The fraction of sp³-hybridized carbons (Fsp3) is 0.400. The molecule has 0 unspecified atom stereocenters. The molecule has 0 spiro atoms. The molecule has 0 fully saturated rings. The fourth-order valence-corrected chi connectivity index (χ4v) is 2.00. The molecule has 0 aromatic heterocycles. The van der Waals surface area contributed by atoms with Crippen molar-refractivity contribution in [1.82, 2.24) is 5.32 Å². The number of aromatic hydroxyl groups is 1. The number of amides is 1. The van der Waals surface area contributed by atoms with Crippen LogP contribution in [0, 0.1) is 0 Å². The first kappa shape index (κ1) is 19.2. The molecule has 1 aromatic rings. The van der Waals surface area contributed by atoms with Crippen LogP contribution in [0.1, 0.15) is 18.4 Å². The van der Waals surface area contributed by atoms with E-state index in [1.165, 1.54) is 12.1 Å². The Kier molecular flexibility index (Phi) is 7.50. The predicted octanol–water partition coefficient (Wildman–Crippen LogP) is -1.11. The number of hydrogen-bond acceptors (Lipinski definition) is 5. The van der Waals surface area contributed by atoms with E-state index in [9.17, 15) is 19.8 Å². The number of phenols is 1. The largest absolute Gasteiger partial charge is 0.508 e. The second-order valence-corrected chi connectivity index (χ2v) is 5.33. The highest BCUT2D eigenvalue weighted by atomic mass is 16.4. The number of guanidine groups is 1. The van der Waals surface area contributed by atoms with Gasteiger partial charge in [0, 0.05) is 13.0 Å². The zero-order chi connectivity index (χ0) is 18.1. The number of nitrogens with two attached hydrogens (primary N) is 3. The van der Waals surface area contributed by atoms with Crippen molar-refractivity contribution >= 4 is 17.8 Å². The van der Waals surface area contributed by atoms with Crippen molar-refractivity contribution in [2.75, 3.05) is 6.54 Å². The minimum absolute atomic E-state index is 0.0344. The van der Waals surface area contributed by atoms with Crippen LogP contribution in [-0.2, 0) is 16.0 Å². The van der Waals surface area contributed by atoms with E-state index in [1.54, 1.807) is 12.1 Å². The van der Waals surface area contributed by atoms with Gasteiger partial charge in [0.15, 0.2) is 5.96 Å². The highest BCUT2D eigenvalue weighted by molar-refractivity contribution is 5.86. The van der Waals surface area contributed by atoms with Crippen molar-refractivity contribution in [3.63, 3.8) is 0 Å². The number of carbonyl (C=O) groups is 2. The zero-order valence-electron chi connectivity index (χ0n) is 13.2. The van der Waals surface area contributed by atoms with Gasteiger partial charge < -0.3 is 32.7 Å². The van der Waals surface area contributed by atoms with Gasteiger partial charge >= 0.3 is 5.97 Å². The van der Waals surface area contributed by atoms with Crippen LogP contribution in [0.25, 0.3) is 0 Å². The summed E-state index contributed by atoms with van der Waals surface area (Å²) in [6.07, 6.45) is 0.915. The third-order valence-electron chi connectivity index (χ3n) is 3.30. The molecule has 0 bridgehead atoms. The summed E-state index contributed by atoms with van der Waals surface area (Å²) >= 11 is 0. The molecule has 2 atom stereocenters. The second kappa shape index (κ2) is 9.36. The van der Waals surface area contributed by atoms with Crippen molar-refractivity contribution in [2.45, 2.75) is 31.3 Å². The number of benzene rings is 1. The number of nitrogens with zero attached hydrogens (tertiary/aromatic N) is 1. The maximum atomic E-state index is 12.0. The Labute approximate surface area is 139 Å². The van der Waals surface area contributed by atoms with Crippen molar-refractivity contribution < 1.29 is 19.8 Å². The summed E-state index contributed by atoms with van der Waals surface area (Å²) in [7, 11) is 0. The quantitative estimate of drug-likeness (QED) is 0.188. The lowest BCUT2D eigenvalue weighted by Crippen LogP contribution is -2.49. The molecule has 9 heteroatoms. The molecular weight excluding hydrogens is 314 g/mol. The molecular formula is C15H23N5O4. The number of carbonyl (C=O) groups excluding carboxylic acids is 1. The number of phenolic OH excluding ortho intramolecular Hbond substituents is 1. The van der Waals surface area contributed by atoms with Crippen LogP contribution in [0.15, 0.2) is 29.3 Å². The monoisotopic (exact) mass is 337 g/mol. The number of rotatable bonds is 9. The number of nitrogens with one attached hydrogen (secondary N) is 1. The summed E-state index contributed by atoms with van der Waals surface area (Å²) in [6.45, 7) is 0.346. The van der Waals surface area contributed by atoms with Crippen LogP contribution in [0.5, 0.6) is 5.75 Å². The van der Waals surface area contributed by atoms with Crippen molar-refractivity contribution in [3.8, 4) is 5.75 Å². The van der Waals surface area contributed by atoms with Gasteiger partial charge in [-0.25, -0.2) is 4.79 Å². The first-order chi connectivity index (χ1) is 11.3. The number of aliphatic carboxylic acids is 1. The molecule has 1 aromatic carbocycles. The van der Waals surface area contributed by atoms with E-state index in [1.807, 2.05) is 0 Å². The fourth-order valence-electron chi connectivity index (χ4n) is 2.00. The van der Waals surface area contributed by atoms with Crippen LogP contribution in [0.3, 0.4) is 0 Å². The van der Waals surface area contributed by atoms with E-state index >= 15 is 0 Å². The molecule has 1 amide bonds. The molecule has 0 heterocycles. The smallest absolute Gasteiger partial charge is 0.326 e. The first-order valence-electron chi connectivity index (χ1n) is 7.41. The topological polar surface area (TPSA) is 177 Å². The minimum atomic E-state index is -1.16. The summed E-state index contributed by atoms with van der Waals surface area (Å²) in [6, 6.07) is 4.13. The minimum Gasteiger partial charge on any atom is -0.508 e. The number of hydrogen-bond donors (Lipinski definition) is 6. The Morgan fingerprint density at radius 3 is 2.38 bits per heavy atom. The van der Waals surface area contributed by atoms with Gasteiger partial charge in [0.25, 0.3) is 0 Å². The Morgan fingerprint density at radius 2 is 1.83 bits per heavy atom. The molecule has 0 aliphatic carbocycles. The molecule has 9 nitrogen and oxygen atoms in total. The van der Waals surface area contributed by atoms with Gasteiger partial charge in [0.05, 0.1) is 6.04 Å². The van der Waals surface area contributed by atoms with Crippen LogP contribution < -0.4 is 22.5 Å². The molecule has 132 valence electrons. The summed E-state index contributed by atoms with van der Waals surface area (Å²) in [5.41, 5.74) is 16.8. The lowest BCUT2D eigenvalue weighted by molar-refractivity contribution is -0.142. The molecule has 9 N–H and O–H groups in total. The predicted molar refractivity (Wildman–Crippen MR) is 89.3 cm³/mol. The Morgan fingerprint density at radius 1 is 1.21 bits per heavy atom. The van der Waals surface area contributed by atoms with Crippen LogP contribution in [-0.4, -0.2) is 46.7 Å². The molecule has 0 aliphatic heterocycles. The Balaban J connectivity index is 2.54. The highest BCUT2D eigenvalue weighted by Crippen LogP contribution is 2.11. The van der Waals surface area contributed by atoms with E-state index in [4.69, 9.17) is 17.2 Å². The number of carboxylic acids is 1. The van der Waals surface area contributed by atoms with Crippen molar-refractivity contribution in [2.24, 2.45) is 22.2 Å². The summed E-state index contributed by atoms with van der Waals surface area (Å²) in [5, 5.41) is 20.9. The molecule has 24 heavy (non-hydrogen) atoms. The summed E-state index contributed by atoms with van der Waals surface area (Å²) < 4.78 is 0. The zero-order valence-corrected chi connectivity index (χ0v) is 13.2. The molecule has 0 aliphatic rings. The number of aliphatic imine (C=N–C) groups is 1. The second-order valence-electron chi connectivity index (χ2n) is 5.33. The lowest BCUT2D eigenvalue weighted by atomic mass is 10.0. The Hall–Kier alpha value is -2.81. The van der Waals surface area contributed by atoms with E-state index in [-0.39, 0.29) is 18.1 Å². The van der Waals surface area contributed by atoms with Crippen LogP contribution >= 0.6 is 0 Å². The van der Waals surface area contributed by atoms with E-state index in [0.29, 0.717) is 24.9 Å².